The largest absolute Gasteiger partial charge is 0.328 e. The Balaban J connectivity index is 2.02. The molecule has 1 aromatic heterocycles. The van der Waals surface area contributed by atoms with Gasteiger partial charge in [-0.1, -0.05) is 18.6 Å². The van der Waals surface area contributed by atoms with E-state index in [0.29, 0.717) is 5.41 Å². The van der Waals surface area contributed by atoms with Gasteiger partial charge in [-0.2, -0.15) is 12.6 Å². The maximum atomic E-state index is 4.63. The molecule has 3 rings (SSSR count). The molecule has 0 N–H and O–H groups in total. The zero-order chi connectivity index (χ0) is 11.9. The number of hydrogen-bond donors (Lipinski definition) is 1. The molecule has 3 heteroatoms. The van der Waals surface area contributed by atoms with E-state index in [4.69, 9.17) is 0 Å². The number of benzene rings is 1. The van der Waals surface area contributed by atoms with E-state index in [2.05, 4.69) is 53.4 Å². The molecular weight excluding hydrogens is 228 g/mol. The van der Waals surface area contributed by atoms with Crippen molar-refractivity contribution in [2.45, 2.75) is 32.7 Å². The number of imidazole rings is 1. The van der Waals surface area contributed by atoms with Gasteiger partial charge in [0.25, 0.3) is 0 Å². The highest BCUT2D eigenvalue weighted by molar-refractivity contribution is 7.80. The molecule has 2 aromatic rings. The van der Waals surface area contributed by atoms with Crippen molar-refractivity contribution < 1.29 is 0 Å². The van der Waals surface area contributed by atoms with Gasteiger partial charge in [-0.05, 0) is 43.1 Å². The van der Waals surface area contributed by atoms with Crippen LogP contribution in [-0.2, 0) is 6.54 Å². The zero-order valence-electron chi connectivity index (χ0n) is 10.2. The van der Waals surface area contributed by atoms with E-state index in [1.807, 2.05) is 0 Å². The predicted octanol–water partition coefficient (Wildman–Crippen LogP) is 3.44. The molecule has 0 spiro atoms. The molecule has 17 heavy (non-hydrogen) atoms. The first-order valence-electron chi connectivity index (χ1n) is 6.27. The quantitative estimate of drug-likeness (QED) is 0.821. The zero-order valence-corrected chi connectivity index (χ0v) is 11.1. The molecule has 1 aromatic carbocycles. The first-order valence-corrected chi connectivity index (χ1v) is 6.90. The second-order valence-corrected chi connectivity index (χ2v) is 5.56. The summed E-state index contributed by atoms with van der Waals surface area (Å²) in [6.07, 6.45) is 3.97. The third-order valence-electron chi connectivity index (χ3n) is 4.09. The fourth-order valence-corrected chi connectivity index (χ4v) is 3.19. The summed E-state index contributed by atoms with van der Waals surface area (Å²) in [6, 6.07) is 8.40. The van der Waals surface area contributed by atoms with Crippen LogP contribution in [0.1, 0.15) is 25.1 Å². The molecule has 0 bridgehead atoms. The highest BCUT2D eigenvalue weighted by Crippen LogP contribution is 2.43. The molecule has 1 aliphatic carbocycles. The van der Waals surface area contributed by atoms with Crippen LogP contribution in [0.3, 0.4) is 0 Å². The molecule has 0 amide bonds. The van der Waals surface area contributed by atoms with Gasteiger partial charge in [-0.25, -0.2) is 4.98 Å². The second kappa shape index (κ2) is 4.05. The van der Waals surface area contributed by atoms with E-state index in [1.165, 1.54) is 24.8 Å². The van der Waals surface area contributed by atoms with Gasteiger partial charge in [-0.15, -0.1) is 0 Å². The molecule has 1 aliphatic rings. The minimum atomic E-state index is 0.414. The molecule has 0 saturated heterocycles. The molecule has 0 radical (unpaired) electrons. The third-order valence-corrected chi connectivity index (χ3v) is 4.76. The normalized spacial score (nSPS) is 18.2. The van der Waals surface area contributed by atoms with Gasteiger partial charge in [0.15, 0.2) is 0 Å². The van der Waals surface area contributed by atoms with Crippen LogP contribution in [0.2, 0.25) is 0 Å². The highest BCUT2D eigenvalue weighted by atomic mass is 32.1. The van der Waals surface area contributed by atoms with Crippen LogP contribution >= 0.6 is 12.6 Å². The van der Waals surface area contributed by atoms with Crippen molar-refractivity contribution in [3.63, 3.8) is 0 Å². The Bertz CT molecular complexity index is 535. The molecule has 1 saturated carbocycles. The molecule has 1 heterocycles. The standard InChI is InChI=1S/C14H18N2S/c1-11-15-12-5-2-3-6-13(12)16(11)9-14(10-17)7-4-8-14/h2-3,5-6,17H,4,7-10H2,1H3. The Morgan fingerprint density at radius 3 is 2.76 bits per heavy atom. The number of aromatic nitrogens is 2. The molecule has 0 aliphatic heterocycles. The van der Waals surface area contributed by atoms with Crippen molar-refractivity contribution in [1.29, 1.82) is 0 Å². The predicted molar refractivity (Wildman–Crippen MR) is 74.6 cm³/mol. The maximum absolute atomic E-state index is 4.63. The van der Waals surface area contributed by atoms with E-state index < -0.39 is 0 Å². The van der Waals surface area contributed by atoms with Crippen molar-refractivity contribution in [3.8, 4) is 0 Å². The maximum Gasteiger partial charge on any atom is 0.106 e. The molecule has 2 nitrogen and oxygen atoms in total. The summed E-state index contributed by atoms with van der Waals surface area (Å²) in [7, 11) is 0. The Labute approximate surface area is 107 Å². The summed E-state index contributed by atoms with van der Waals surface area (Å²) in [4.78, 5) is 4.63. The summed E-state index contributed by atoms with van der Waals surface area (Å²) in [6.45, 7) is 3.17. The van der Waals surface area contributed by atoms with Gasteiger partial charge in [0.05, 0.1) is 11.0 Å². The summed E-state index contributed by atoms with van der Waals surface area (Å²) in [5.41, 5.74) is 2.79. The van der Waals surface area contributed by atoms with E-state index in [1.54, 1.807) is 0 Å². The van der Waals surface area contributed by atoms with E-state index in [0.717, 1.165) is 23.6 Å². The summed E-state index contributed by atoms with van der Waals surface area (Å²) in [5, 5.41) is 0. The van der Waals surface area contributed by atoms with Gasteiger partial charge in [0.2, 0.25) is 0 Å². The van der Waals surface area contributed by atoms with Gasteiger partial charge >= 0.3 is 0 Å². The third kappa shape index (κ3) is 1.77. The Morgan fingerprint density at radius 2 is 2.12 bits per heavy atom. The lowest BCUT2D eigenvalue weighted by atomic mass is 9.70. The number of aryl methyl sites for hydroxylation is 1. The first-order chi connectivity index (χ1) is 8.24. The average Bonchev–Trinajstić information content (AvgIpc) is 2.60. The molecule has 90 valence electrons. The second-order valence-electron chi connectivity index (χ2n) is 5.25. The van der Waals surface area contributed by atoms with Crippen molar-refractivity contribution in [3.05, 3.63) is 30.1 Å². The fourth-order valence-electron chi connectivity index (χ4n) is 2.77. The van der Waals surface area contributed by atoms with E-state index in [9.17, 15) is 0 Å². The number of para-hydroxylation sites is 2. The van der Waals surface area contributed by atoms with Crippen molar-refractivity contribution in [1.82, 2.24) is 9.55 Å². The molecule has 0 atom stereocenters. The van der Waals surface area contributed by atoms with E-state index in [-0.39, 0.29) is 0 Å². The molecular formula is C14H18N2S. The van der Waals surface area contributed by atoms with Crippen LogP contribution in [-0.4, -0.2) is 15.3 Å². The van der Waals surface area contributed by atoms with Gasteiger partial charge in [-0.3, -0.25) is 0 Å². The molecule has 0 unspecified atom stereocenters. The van der Waals surface area contributed by atoms with Gasteiger partial charge < -0.3 is 4.57 Å². The number of thiol groups is 1. The topological polar surface area (TPSA) is 17.8 Å². The number of fused-ring (bicyclic) bond motifs is 1. The van der Waals surface area contributed by atoms with Gasteiger partial charge in [0.1, 0.15) is 5.82 Å². The van der Waals surface area contributed by atoms with Crippen LogP contribution in [0.5, 0.6) is 0 Å². The van der Waals surface area contributed by atoms with Crippen LogP contribution in [0.25, 0.3) is 11.0 Å². The van der Waals surface area contributed by atoms with Crippen molar-refractivity contribution in [2.75, 3.05) is 5.75 Å². The van der Waals surface area contributed by atoms with E-state index >= 15 is 0 Å². The minimum absolute atomic E-state index is 0.414. The van der Waals surface area contributed by atoms with Crippen molar-refractivity contribution >= 4 is 23.7 Å². The van der Waals surface area contributed by atoms with Crippen LogP contribution in [0.15, 0.2) is 24.3 Å². The number of rotatable bonds is 3. The fraction of sp³-hybridized carbons (Fsp3) is 0.500. The van der Waals surface area contributed by atoms with Gasteiger partial charge in [0, 0.05) is 6.54 Å². The number of hydrogen-bond acceptors (Lipinski definition) is 2. The smallest absolute Gasteiger partial charge is 0.106 e. The lowest BCUT2D eigenvalue weighted by Gasteiger charge is -2.41. The van der Waals surface area contributed by atoms with Crippen LogP contribution in [0, 0.1) is 12.3 Å². The molecule has 1 fully saturated rings. The summed E-state index contributed by atoms with van der Waals surface area (Å²) in [5.74, 6) is 2.11. The first kappa shape index (κ1) is 11.1. The van der Waals surface area contributed by atoms with Crippen LogP contribution < -0.4 is 0 Å². The monoisotopic (exact) mass is 246 g/mol. The Hall–Kier alpha value is -0.960. The minimum Gasteiger partial charge on any atom is -0.328 e. The van der Waals surface area contributed by atoms with Crippen molar-refractivity contribution in [2.24, 2.45) is 5.41 Å². The highest BCUT2D eigenvalue weighted by Gasteiger charge is 2.36. The SMILES string of the molecule is Cc1nc2ccccc2n1CC1(CS)CCC1. The number of nitrogens with zero attached hydrogens (tertiary/aromatic N) is 2. The average molecular weight is 246 g/mol. The lowest BCUT2D eigenvalue weighted by Crippen LogP contribution is -2.36. The Kier molecular flexibility index (Phi) is 2.66. The Morgan fingerprint density at radius 1 is 1.35 bits per heavy atom. The lowest BCUT2D eigenvalue weighted by molar-refractivity contribution is 0.140. The van der Waals surface area contributed by atoms with Crippen LogP contribution in [0.4, 0.5) is 0 Å². The summed E-state index contributed by atoms with van der Waals surface area (Å²) >= 11 is 4.54. The summed E-state index contributed by atoms with van der Waals surface area (Å²) < 4.78 is 2.37.